The lowest BCUT2D eigenvalue weighted by Gasteiger charge is -2.35. The molecule has 2 fully saturated rings. The van der Waals surface area contributed by atoms with Crippen LogP contribution in [0.15, 0.2) is 54.7 Å². The third kappa shape index (κ3) is 5.28. The highest BCUT2D eigenvalue weighted by Crippen LogP contribution is 2.69. The molecule has 3 atom stereocenters. The van der Waals surface area contributed by atoms with Crippen LogP contribution in [-0.4, -0.2) is 49.5 Å². The summed E-state index contributed by atoms with van der Waals surface area (Å²) in [4.78, 5) is 25.0. The molecule has 8 nitrogen and oxygen atoms in total. The van der Waals surface area contributed by atoms with Crippen LogP contribution in [0, 0.1) is 5.41 Å². The van der Waals surface area contributed by atoms with Crippen molar-refractivity contribution in [3.63, 3.8) is 0 Å². The van der Waals surface area contributed by atoms with E-state index in [-0.39, 0.29) is 23.2 Å². The zero-order valence-electron chi connectivity index (χ0n) is 28.2. The fraction of sp³-hybridized carbons (Fsp3) is 0.526. The van der Waals surface area contributed by atoms with Crippen molar-refractivity contribution >= 4 is 16.9 Å². The quantitative estimate of drug-likeness (QED) is 0.206. The van der Waals surface area contributed by atoms with Gasteiger partial charge in [0.2, 0.25) is 0 Å². The number of carbonyl (C=O) groups excluding carboxylic acids is 1. The average Bonchev–Trinajstić information content (AvgIpc) is 3.59. The van der Waals surface area contributed by atoms with Crippen LogP contribution < -0.4 is 0 Å². The normalized spacial score (nSPS) is 23.4. The molecule has 0 N–H and O–H groups in total. The molecule has 2 bridgehead atoms. The van der Waals surface area contributed by atoms with Gasteiger partial charge in [-0.25, -0.2) is 9.48 Å². The first-order chi connectivity index (χ1) is 22.0. The molecule has 1 saturated heterocycles. The maximum atomic E-state index is 13.4. The standard InChI is InChI=1S/C38H47N5O3/c1-36(2,3)46-35(44)42(24-27-14-9-11-20-39-27)21-18-26-23-25-13-7-8-15-28(25)32(40-26)33-31-29-17-19-38(6,37(29,4)5)34(31)41-43(33)30-16-10-12-22-45-30/h7-9,11,13-15,20,23,29-30H,10,12,16-19,21-22,24H2,1-6H3. The van der Waals surface area contributed by atoms with E-state index in [2.05, 4.69) is 60.8 Å². The number of nitrogens with zero attached hydrogens (tertiary/aromatic N) is 5. The summed E-state index contributed by atoms with van der Waals surface area (Å²) >= 11 is 0. The molecule has 1 aliphatic heterocycles. The molecule has 3 aliphatic rings. The zero-order chi connectivity index (χ0) is 32.3. The highest BCUT2D eigenvalue weighted by atomic mass is 16.6. The topological polar surface area (TPSA) is 82.4 Å². The minimum absolute atomic E-state index is 0.0223. The Hall–Kier alpha value is -3.78. The van der Waals surface area contributed by atoms with Crippen LogP contribution in [0.5, 0.6) is 0 Å². The minimum atomic E-state index is -0.600. The molecule has 1 aromatic carbocycles. The lowest BCUT2D eigenvalue weighted by molar-refractivity contribution is -0.0391. The SMILES string of the molecule is CC(C)(C)OC(=O)N(CCc1cc2ccccc2c(-c2c3c(nn2C2CCCCO2)C2(C)CCC3C2(C)C)n1)Cc1ccccn1. The second-order valence-electron chi connectivity index (χ2n) is 15.2. The van der Waals surface area contributed by atoms with Gasteiger partial charge in [-0.05, 0) is 87.8 Å². The summed E-state index contributed by atoms with van der Waals surface area (Å²) in [5, 5.41) is 7.69. The van der Waals surface area contributed by atoms with Gasteiger partial charge in [-0.3, -0.25) is 9.97 Å². The van der Waals surface area contributed by atoms with Gasteiger partial charge in [-0.15, -0.1) is 0 Å². The average molecular weight is 622 g/mol. The van der Waals surface area contributed by atoms with Gasteiger partial charge in [0.1, 0.15) is 5.60 Å². The van der Waals surface area contributed by atoms with E-state index in [1.807, 2.05) is 39.0 Å². The number of rotatable bonds is 7. The second kappa shape index (κ2) is 11.5. The highest BCUT2D eigenvalue weighted by molar-refractivity contribution is 5.95. The van der Waals surface area contributed by atoms with Gasteiger partial charge >= 0.3 is 6.09 Å². The second-order valence-corrected chi connectivity index (χ2v) is 15.2. The van der Waals surface area contributed by atoms with Gasteiger partial charge in [-0.1, -0.05) is 51.1 Å². The van der Waals surface area contributed by atoms with E-state index >= 15 is 0 Å². The smallest absolute Gasteiger partial charge is 0.410 e. The van der Waals surface area contributed by atoms with Crippen LogP contribution >= 0.6 is 0 Å². The summed E-state index contributed by atoms with van der Waals surface area (Å²) in [5.41, 5.74) is 6.00. The summed E-state index contributed by atoms with van der Waals surface area (Å²) in [6.07, 6.45) is 7.38. The summed E-state index contributed by atoms with van der Waals surface area (Å²) in [5.74, 6) is 0.421. The van der Waals surface area contributed by atoms with Crippen molar-refractivity contribution in [3.05, 3.63) is 77.4 Å². The van der Waals surface area contributed by atoms with Crippen molar-refractivity contribution < 1.29 is 14.3 Å². The Morgan fingerprint density at radius 3 is 2.61 bits per heavy atom. The molecular weight excluding hydrogens is 574 g/mol. The Kier molecular flexibility index (Phi) is 7.70. The molecule has 0 spiro atoms. The number of ether oxygens (including phenoxy) is 2. The van der Waals surface area contributed by atoms with Gasteiger partial charge in [-0.2, -0.15) is 5.10 Å². The molecule has 8 heteroatoms. The fourth-order valence-electron chi connectivity index (χ4n) is 8.04. The third-order valence-corrected chi connectivity index (χ3v) is 10.9. The molecule has 1 saturated carbocycles. The summed E-state index contributed by atoms with van der Waals surface area (Å²) in [7, 11) is 0. The van der Waals surface area contributed by atoms with Crippen molar-refractivity contribution in [3.8, 4) is 11.4 Å². The lowest BCUT2D eigenvalue weighted by Crippen LogP contribution is -2.37. The Morgan fingerprint density at radius 2 is 1.87 bits per heavy atom. The Bertz CT molecular complexity index is 1750. The first-order valence-corrected chi connectivity index (χ1v) is 17.0. The molecule has 7 rings (SSSR count). The molecule has 4 aromatic rings. The van der Waals surface area contributed by atoms with Crippen LogP contribution in [0.1, 0.15) is 108 Å². The number of fused-ring (bicyclic) bond motifs is 6. The maximum Gasteiger partial charge on any atom is 0.410 e. The Morgan fingerprint density at radius 1 is 1.07 bits per heavy atom. The number of hydrogen-bond donors (Lipinski definition) is 0. The fourth-order valence-corrected chi connectivity index (χ4v) is 8.04. The summed E-state index contributed by atoms with van der Waals surface area (Å²) < 4.78 is 14.4. The number of amides is 1. The van der Waals surface area contributed by atoms with Gasteiger partial charge in [0.15, 0.2) is 6.23 Å². The maximum absolute atomic E-state index is 13.4. The van der Waals surface area contributed by atoms with Crippen molar-refractivity contribution in [1.82, 2.24) is 24.6 Å². The molecule has 3 unspecified atom stereocenters. The monoisotopic (exact) mass is 621 g/mol. The van der Waals surface area contributed by atoms with Crippen molar-refractivity contribution in [2.75, 3.05) is 13.2 Å². The van der Waals surface area contributed by atoms with Crippen LogP contribution in [0.4, 0.5) is 4.79 Å². The molecular formula is C38H47N5O3. The van der Waals surface area contributed by atoms with Gasteiger partial charge < -0.3 is 14.4 Å². The Labute approximate surface area is 272 Å². The first-order valence-electron chi connectivity index (χ1n) is 17.0. The van der Waals surface area contributed by atoms with E-state index in [9.17, 15) is 4.79 Å². The Balaban J connectivity index is 1.31. The van der Waals surface area contributed by atoms with E-state index in [0.29, 0.717) is 25.4 Å². The van der Waals surface area contributed by atoms with Crippen molar-refractivity contribution in [2.45, 2.75) is 110 Å². The van der Waals surface area contributed by atoms with Crippen molar-refractivity contribution in [2.24, 2.45) is 5.41 Å². The number of hydrogen-bond acceptors (Lipinski definition) is 6. The van der Waals surface area contributed by atoms with E-state index in [0.717, 1.165) is 72.3 Å². The van der Waals surface area contributed by atoms with E-state index in [1.54, 1.807) is 11.1 Å². The van der Waals surface area contributed by atoms with Crippen LogP contribution in [0.3, 0.4) is 0 Å². The molecule has 46 heavy (non-hydrogen) atoms. The van der Waals surface area contributed by atoms with Crippen LogP contribution in [0.25, 0.3) is 22.2 Å². The van der Waals surface area contributed by atoms with E-state index in [1.165, 1.54) is 11.3 Å². The number of carbonyl (C=O) groups is 1. The minimum Gasteiger partial charge on any atom is -0.444 e. The van der Waals surface area contributed by atoms with E-state index < -0.39 is 5.60 Å². The third-order valence-electron chi connectivity index (χ3n) is 10.9. The predicted octanol–water partition coefficient (Wildman–Crippen LogP) is 8.35. The van der Waals surface area contributed by atoms with Crippen LogP contribution in [0.2, 0.25) is 0 Å². The van der Waals surface area contributed by atoms with Gasteiger partial charge in [0.25, 0.3) is 0 Å². The zero-order valence-corrected chi connectivity index (χ0v) is 28.2. The molecule has 0 radical (unpaired) electrons. The lowest BCUT2D eigenvalue weighted by atomic mass is 9.70. The molecule has 2 aliphatic carbocycles. The molecule has 242 valence electrons. The molecule has 3 aromatic heterocycles. The summed E-state index contributed by atoms with van der Waals surface area (Å²) in [6.45, 7) is 14.5. The summed E-state index contributed by atoms with van der Waals surface area (Å²) in [6, 6.07) is 16.5. The van der Waals surface area contributed by atoms with Gasteiger partial charge in [0.05, 0.1) is 29.3 Å². The molecule has 4 heterocycles. The molecule has 1 amide bonds. The van der Waals surface area contributed by atoms with Crippen LogP contribution in [-0.2, 0) is 27.9 Å². The number of pyridine rings is 2. The predicted molar refractivity (Wildman–Crippen MR) is 179 cm³/mol. The van der Waals surface area contributed by atoms with Crippen molar-refractivity contribution in [1.29, 1.82) is 0 Å². The van der Waals surface area contributed by atoms with Gasteiger partial charge in [0, 0.05) is 47.8 Å². The largest absolute Gasteiger partial charge is 0.444 e. The highest BCUT2D eigenvalue weighted by Gasteiger charge is 2.62. The number of aromatic nitrogens is 4. The first kappa shape index (κ1) is 30.9. The number of benzene rings is 1. The van der Waals surface area contributed by atoms with E-state index in [4.69, 9.17) is 19.6 Å².